The Kier molecular flexibility index (Phi) is 14.3. The number of hydrogen-bond donors (Lipinski definition) is 4. The number of rotatable bonds is 18. The molecule has 2 amide bonds. The highest BCUT2D eigenvalue weighted by atomic mass is 16.6. The summed E-state index contributed by atoms with van der Waals surface area (Å²) in [5, 5.41) is 22.8. The third-order valence-electron chi connectivity index (χ3n) is 8.62. The first-order valence-electron chi connectivity index (χ1n) is 18.7. The molecule has 4 aromatic heterocycles. The molecule has 56 heavy (non-hydrogen) atoms. The molecule has 0 radical (unpaired) electrons. The Morgan fingerprint density at radius 2 is 0.929 bits per heavy atom. The molecule has 4 heterocycles. The highest BCUT2D eigenvalue weighted by molar-refractivity contribution is 5.86. The molecule has 4 N–H and O–H groups in total. The Morgan fingerprint density at radius 3 is 1.36 bits per heavy atom. The molecule has 0 aliphatic heterocycles. The molecule has 0 spiro atoms. The molecule has 14 heteroatoms. The SMILES string of the molecule is Cc1ccc2ccc(NC(=O)OCCCCNCc3ccc(N=Nc4ccc(CNCCCCOC(=O)Nc5ccc6ccc(C)nc6n5)cc4)cc3)nc2n1. The van der Waals surface area contributed by atoms with E-state index in [9.17, 15) is 9.59 Å². The van der Waals surface area contributed by atoms with Gasteiger partial charge in [0.05, 0.1) is 24.6 Å². The molecule has 0 bridgehead atoms. The zero-order valence-electron chi connectivity index (χ0n) is 31.6. The third-order valence-corrected chi connectivity index (χ3v) is 8.62. The Morgan fingerprint density at radius 1 is 0.518 bits per heavy atom. The molecule has 0 saturated heterocycles. The van der Waals surface area contributed by atoms with Crippen LogP contribution in [0.15, 0.2) is 107 Å². The zero-order chi connectivity index (χ0) is 39.0. The van der Waals surface area contributed by atoms with Crippen LogP contribution in [0.1, 0.15) is 48.2 Å². The molecular formula is C42H46N10O4. The molecule has 0 saturated carbocycles. The summed E-state index contributed by atoms with van der Waals surface area (Å²) in [4.78, 5) is 41.9. The first-order valence-corrected chi connectivity index (χ1v) is 18.7. The van der Waals surface area contributed by atoms with Crippen molar-refractivity contribution in [3.8, 4) is 0 Å². The minimum Gasteiger partial charge on any atom is -0.449 e. The number of benzene rings is 2. The number of carbonyl (C=O) groups is 2. The van der Waals surface area contributed by atoms with Gasteiger partial charge in [0.25, 0.3) is 0 Å². The fourth-order valence-electron chi connectivity index (χ4n) is 5.58. The summed E-state index contributed by atoms with van der Waals surface area (Å²) in [7, 11) is 0. The van der Waals surface area contributed by atoms with Crippen LogP contribution in [0, 0.1) is 13.8 Å². The van der Waals surface area contributed by atoms with E-state index in [1.54, 1.807) is 12.1 Å². The molecule has 14 nitrogen and oxygen atoms in total. The number of carbonyl (C=O) groups excluding carboxylic acids is 2. The number of ether oxygens (including phenoxy) is 2. The maximum Gasteiger partial charge on any atom is 0.412 e. The topological polar surface area (TPSA) is 177 Å². The summed E-state index contributed by atoms with van der Waals surface area (Å²) >= 11 is 0. The summed E-state index contributed by atoms with van der Waals surface area (Å²) in [6.45, 7) is 7.50. The number of azo groups is 1. The smallest absolute Gasteiger partial charge is 0.412 e. The summed E-state index contributed by atoms with van der Waals surface area (Å²) in [6.07, 6.45) is 2.17. The average molecular weight is 755 g/mol. The Hall–Kier alpha value is -6.38. The predicted octanol–water partition coefficient (Wildman–Crippen LogP) is 8.84. The van der Waals surface area contributed by atoms with E-state index in [1.807, 2.05) is 98.8 Å². The predicted molar refractivity (Wildman–Crippen MR) is 217 cm³/mol. The van der Waals surface area contributed by atoms with Gasteiger partial charge in [0.15, 0.2) is 11.3 Å². The standard InChI is InChI=1S/C42H46N10O4/c1-29-7-13-33-15-21-37(47-39(33)45-29)49-41(53)55-25-5-3-23-43-27-31-9-17-35(18-10-31)51-52-36-19-11-32(12-20-36)28-44-24-4-6-26-56-42(54)50-38-22-16-34-14-8-30(2)46-40(34)48-38/h7-22,43-44H,3-6,23-28H2,1-2H3,(H,45,47,49,53)(H,46,48,50,54). The Labute approximate surface area is 325 Å². The van der Waals surface area contributed by atoms with Gasteiger partial charge < -0.3 is 20.1 Å². The van der Waals surface area contributed by atoms with E-state index in [0.29, 0.717) is 36.1 Å². The molecule has 6 rings (SSSR count). The summed E-state index contributed by atoms with van der Waals surface area (Å²) < 4.78 is 10.6. The van der Waals surface area contributed by atoms with Gasteiger partial charge in [0.2, 0.25) is 0 Å². The van der Waals surface area contributed by atoms with Crippen LogP contribution >= 0.6 is 0 Å². The van der Waals surface area contributed by atoms with Crippen molar-refractivity contribution < 1.29 is 19.1 Å². The van der Waals surface area contributed by atoms with Crippen molar-refractivity contribution in [3.63, 3.8) is 0 Å². The first kappa shape index (κ1) is 39.3. The fraction of sp³-hybridized carbons (Fsp3) is 0.286. The van der Waals surface area contributed by atoms with Crippen LogP contribution in [-0.4, -0.2) is 58.4 Å². The summed E-state index contributed by atoms with van der Waals surface area (Å²) in [5.74, 6) is 0.825. The van der Waals surface area contributed by atoms with Gasteiger partial charge in [-0.25, -0.2) is 29.5 Å². The number of nitrogens with zero attached hydrogens (tertiary/aromatic N) is 6. The number of nitrogens with one attached hydrogen (secondary N) is 4. The van der Waals surface area contributed by atoms with Crippen LogP contribution in [0.25, 0.3) is 22.1 Å². The Bertz CT molecular complexity index is 2090. The molecule has 2 aromatic carbocycles. The molecule has 0 fully saturated rings. The van der Waals surface area contributed by atoms with Gasteiger partial charge in [-0.15, -0.1) is 0 Å². The lowest BCUT2D eigenvalue weighted by molar-refractivity contribution is 0.158. The normalized spacial score (nSPS) is 11.2. The van der Waals surface area contributed by atoms with Crippen molar-refractivity contribution in [2.24, 2.45) is 10.2 Å². The lowest BCUT2D eigenvalue weighted by Crippen LogP contribution is -2.17. The molecule has 288 valence electrons. The molecule has 0 atom stereocenters. The van der Waals surface area contributed by atoms with Crippen LogP contribution in [0.2, 0.25) is 0 Å². The van der Waals surface area contributed by atoms with Crippen molar-refractivity contribution in [1.82, 2.24) is 30.6 Å². The first-order chi connectivity index (χ1) is 27.4. The lowest BCUT2D eigenvalue weighted by atomic mass is 10.2. The van der Waals surface area contributed by atoms with E-state index >= 15 is 0 Å². The second-order valence-electron chi connectivity index (χ2n) is 13.2. The second-order valence-corrected chi connectivity index (χ2v) is 13.2. The van der Waals surface area contributed by atoms with E-state index in [2.05, 4.69) is 51.4 Å². The van der Waals surface area contributed by atoms with E-state index in [4.69, 9.17) is 9.47 Å². The number of unbranched alkanes of at least 4 members (excludes halogenated alkanes) is 2. The molecule has 0 aliphatic rings. The number of hydrogen-bond acceptors (Lipinski definition) is 12. The van der Waals surface area contributed by atoms with Crippen molar-refractivity contribution in [3.05, 3.63) is 120 Å². The van der Waals surface area contributed by atoms with Crippen LogP contribution < -0.4 is 21.3 Å². The number of amides is 2. The van der Waals surface area contributed by atoms with Crippen molar-refractivity contribution in [2.45, 2.75) is 52.6 Å². The maximum absolute atomic E-state index is 12.2. The summed E-state index contributed by atoms with van der Waals surface area (Å²) in [5.41, 5.74) is 6.74. The minimum absolute atomic E-state index is 0.323. The van der Waals surface area contributed by atoms with Crippen LogP contribution in [0.4, 0.5) is 32.6 Å². The minimum atomic E-state index is -0.527. The van der Waals surface area contributed by atoms with Crippen LogP contribution in [0.3, 0.4) is 0 Å². The molecule has 0 unspecified atom stereocenters. The van der Waals surface area contributed by atoms with Gasteiger partial charge in [-0.1, -0.05) is 24.3 Å². The average Bonchev–Trinajstić information content (AvgIpc) is 3.20. The van der Waals surface area contributed by atoms with E-state index < -0.39 is 12.2 Å². The second kappa shape index (κ2) is 20.3. The summed E-state index contributed by atoms with van der Waals surface area (Å²) in [6, 6.07) is 30.9. The highest BCUT2D eigenvalue weighted by Gasteiger charge is 2.08. The monoisotopic (exact) mass is 754 g/mol. The van der Waals surface area contributed by atoms with E-state index in [-0.39, 0.29) is 0 Å². The number of pyridine rings is 4. The number of aryl methyl sites for hydroxylation is 2. The van der Waals surface area contributed by atoms with Crippen LogP contribution in [0.5, 0.6) is 0 Å². The zero-order valence-corrected chi connectivity index (χ0v) is 31.6. The fourth-order valence-corrected chi connectivity index (χ4v) is 5.58. The van der Waals surface area contributed by atoms with Gasteiger partial charge >= 0.3 is 12.2 Å². The van der Waals surface area contributed by atoms with Gasteiger partial charge in [-0.2, -0.15) is 10.2 Å². The van der Waals surface area contributed by atoms with Crippen LogP contribution in [-0.2, 0) is 22.6 Å². The number of anilines is 2. The van der Waals surface area contributed by atoms with Gasteiger partial charge in [0, 0.05) is 35.2 Å². The lowest BCUT2D eigenvalue weighted by Gasteiger charge is -2.08. The van der Waals surface area contributed by atoms with Crippen molar-refractivity contribution >= 4 is 57.3 Å². The van der Waals surface area contributed by atoms with E-state index in [0.717, 1.165) is 96.5 Å². The molecule has 0 aliphatic carbocycles. The maximum atomic E-state index is 12.2. The van der Waals surface area contributed by atoms with Crippen molar-refractivity contribution in [2.75, 3.05) is 36.9 Å². The number of fused-ring (bicyclic) bond motifs is 2. The van der Waals surface area contributed by atoms with Crippen molar-refractivity contribution in [1.29, 1.82) is 0 Å². The highest BCUT2D eigenvalue weighted by Crippen LogP contribution is 2.20. The van der Waals surface area contributed by atoms with Gasteiger partial charge in [-0.3, -0.25) is 10.6 Å². The molecular weight excluding hydrogens is 709 g/mol. The van der Waals surface area contributed by atoms with Gasteiger partial charge in [0.1, 0.15) is 11.6 Å². The third kappa shape index (κ3) is 12.6. The quantitative estimate of drug-likeness (QED) is 0.0490. The van der Waals surface area contributed by atoms with E-state index in [1.165, 1.54) is 0 Å². The molecule has 6 aromatic rings. The number of aromatic nitrogens is 4. The largest absolute Gasteiger partial charge is 0.449 e. The van der Waals surface area contributed by atoms with Gasteiger partial charge in [-0.05, 0) is 137 Å². The Balaban J connectivity index is 0.781.